The number of thiazole rings is 1. The van der Waals surface area contributed by atoms with E-state index in [9.17, 15) is 4.79 Å². The number of rotatable bonds is 5. The lowest BCUT2D eigenvalue weighted by atomic mass is 10.3. The van der Waals surface area contributed by atoms with Gasteiger partial charge in [-0.3, -0.25) is 4.79 Å². The first-order valence-corrected chi connectivity index (χ1v) is 5.54. The number of H-pyrrole nitrogens is 1. The molecule has 5 heteroatoms. The largest absolute Gasteiger partial charge is 0.378 e. The summed E-state index contributed by atoms with van der Waals surface area (Å²) in [6.07, 6.45) is 2.53. The van der Waals surface area contributed by atoms with E-state index in [1.807, 2.05) is 0 Å². The smallest absolute Gasteiger partial charge is 0.305 e. The molecule has 0 unspecified atom stereocenters. The number of aromatic nitrogens is 1. The maximum atomic E-state index is 11.1. The van der Waals surface area contributed by atoms with Crippen LogP contribution in [-0.4, -0.2) is 18.1 Å². The van der Waals surface area contributed by atoms with Gasteiger partial charge in [0.1, 0.15) is 0 Å². The Bertz CT molecular complexity index is 354. The fourth-order valence-corrected chi connectivity index (χ4v) is 2.11. The third kappa shape index (κ3) is 2.43. The van der Waals surface area contributed by atoms with E-state index in [4.69, 9.17) is 4.74 Å². The summed E-state index contributed by atoms with van der Waals surface area (Å²) in [6, 6.07) is 0.669. The molecule has 0 amide bonds. The van der Waals surface area contributed by atoms with Crippen LogP contribution in [0.15, 0.2) is 4.79 Å². The van der Waals surface area contributed by atoms with Crippen molar-refractivity contribution in [3.8, 4) is 0 Å². The Balaban J connectivity index is 2.01. The normalized spacial score (nSPS) is 16.1. The molecule has 2 rings (SSSR count). The highest BCUT2D eigenvalue weighted by Gasteiger charge is 2.21. The molecule has 1 aliphatic rings. The zero-order valence-electron chi connectivity index (χ0n) is 8.13. The van der Waals surface area contributed by atoms with Crippen LogP contribution in [0.1, 0.15) is 23.4 Å². The number of nitrogens with one attached hydrogen (secondary N) is 2. The van der Waals surface area contributed by atoms with E-state index in [-0.39, 0.29) is 4.87 Å². The van der Waals surface area contributed by atoms with Crippen LogP contribution in [0.5, 0.6) is 0 Å². The van der Waals surface area contributed by atoms with Crippen molar-refractivity contribution in [1.29, 1.82) is 0 Å². The van der Waals surface area contributed by atoms with Crippen molar-refractivity contribution in [3.05, 3.63) is 20.2 Å². The van der Waals surface area contributed by atoms with E-state index in [1.54, 1.807) is 7.11 Å². The van der Waals surface area contributed by atoms with E-state index in [2.05, 4.69) is 10.3 Å². The first-order valence-electron chi connectivity index (χ1n) is 4.73. The first kappa shape index (κ1) is 9.89. The van der Waals surface area contributed by atoms with Crippen LogP contribution in [0, 0.1) is 0 Å². The molecule has 1 aromatic heterocycles. The molecular weight excluding hydrogens is 200 g/mol. The standard InChI is InChI=1S/C9H14N2O2S/c1-13-5-7-8(14-9(12)11-7)4-10-6-2-3-6/h6,10H,2-5H2,1H3,(H,11,12). The molecule has 0 radical (unpaired) electrons. The molecular formula is C9H14N2O2S. The van der Waals surface area contributed by atoms with E-state index in [0.29, 0.717) is 12.6 Å². The van der Waals surface area contributed by atoms with Gasteiger partial charge in [-0.15, -0.1) is 0 Å². The van der Waals surface area contributed by atoms with Crippen molar-refractivity contribution in [2.75, 3.05) is 7.11 Å². The molecule has 0 saturated heterocycles. The Hall–Kier alpha value is -0.650. The van der Waals surface area contributed by atoms with Gasteiger partial charge in [-0.05, 0) is 12.8 Å². The second-order valence-electron chi connectivity index (χ2n) is 3.50. The van der Waals surface area contributed by atoms with Crippen LogP contribution < -0.4 is 10.2 Å². The highest BCUT2D eigenvalue weighted by molar-refractivity contribution is 7.09. The third-order valence-electron chi connectivity index (χ3n) is 2.22. The minimum atomic E-state index is 0.00430. The zero-order chi connectivity index (χ0) is 9.97. The van der Waals surface area contributed by atoms with Gasteiger partial charge in [-0.25, -0.2) is 0 Å². The number of hydrogen-bond acceptors (Lipinski definition) is 4. The second kappa shape index (κ2) is 4.25. The molecule has 0 atom stereocenters. The van der Waals surface area contributed by atoms with Crippen LogP contribution >= 0.6 is 11.3 Å². The predicted octanol–water partition coefficient (Wildman–Crippen LogP) is 0.835. The Morgan fingerprint density at radius 2 is 2.43 bits per heavy atom. The van der Waals surface area contributed by atoms with Crippen molar-refractivity contribution < 1.29 is 4.74 Å². The number of hydrogen-bond donors (Lipinski definition) is 2. The molecule has 1 heterocycles. The average Bonchev–Trinajstić information content (AvgIpc) is 2.90. The maximum absolute atomic E-state index is 11.1. The van der Waals surface area contributed by atoms with Gasteiger partial charge in [0.15, 0.2) is 0 Å². The van der Waals surface area contributed by atoms with Crippen molar-refractivity contribution >= 4 is 11.3 Å². The minimum Gasteiger partial charge on any atom is -0.378 e. The summed E-state index contributed by atoms with van der Waals surface area (Å²) < 4.78 is 5.01. The molecule has 2 N–H and O–H groups in total. The van der Waals surface area contributed by atoms with Crippen LogP contribution in [0.4, 0.5) is 0 Å². The molecule has 78 valence electrons. The quantitative estimate of drug-likeness (QED) is 0.763. The van der Waals surface area contributed by atoms with Crippen molar-refractivity contribution in [1.82, 2.24) is 10.3 Å². The summed E-state index contributed by atoms with van der Waals surface area (Å²) in [5, 5.41) is 3.38. The van der Waals surface area contributed by atoms with Crippen LogP contribution in [-0.2, 0) is 17.9 Å². The van der Waals surface area contributed by atoms with E-state index in [0.717, 1.165) is 17.1 Å². The molecule has 0 aliphatic heterocycles. The summed E-state index contributed by atoms with van der Waals surface area (Å²) in [5.41, 5.74) is 0.913. The molecule has 1 aromatic rings. The summed E-state index contributed by atoms with van der Waals surface area (Å²) in [7, 11) is 1.63. The zero-order valence-corrected chi connectivity index (χ0v) is 8.95. The summed E-state index contributed by atoms with van der Waals surface area (Å²) in [4.78, 5) is 15.0. The SMILES string of the molecule is COCc1[nH]c(=O)sc1CNC1CC1. The van der Waals surface area contributed by atoms with Crippen molar-refractivity contribution in [2.24, 2.45) is 0 Å². The molecule has 0 spiro atoms. The summed E-state index contributed by atoms with van der Waals surface area (Å²) in [6.45, 7) is 1.27. The Kier molecular flexibility index (Phi) is 3.00. The van der Waals surface area contributed by atoms with Crippen LogP contribution in [0.2, 0.25) is 0 Å². The lowest BCUT2D eigenvalue weighted by Gasteiger charge is -2.02. The lowest BCUT2D eigenvalue weighted by Crippen LogP contribution is -2.15. The summed E-state index contributed by atoms with van der Waals surface area (Å²) >= 11 is 1.27. The van der Waals surface area contributed by atoms with E-state index >= 15 is 0 Å². The monoisotopic (exact) mass is 214 g/mol. The van der Waals surface area contributed by atoms with Crippen LogP contribution in [0.3, 0.4) is 0 Å². The topological polar surface area (TPSA) is 54.1 Å². The number of methoxy groups -OCH3 is 1. The lowest BCUT2D eigenvalue weighted by molar-refractivity contribution is 0.181. The number of aromatic amines is 1. The Morgan fingerprint density at radius 1 is 1.64 bits per heavy atom. The molecule has 0 aromatic carbocycles. The van der Waals surface area contributed by atoms with Crippen LogP contribution in [0.25, 0.3) is 0 Å². The predicted molar refractivity (Wildman–Crippen MR) is 55.5 cm³/mol. The van der Waals surface area contributed by atoms with Gasteiger partial charge in [0, 0.05) is 24.6 Å². The molecule has 0 bridgehead atoms. The molecule has 4 nitrogen and oxygen atoms in total. The Labute approximate surface area is 86.3 Å². The van der Waals surface area contributed by atoms with Gasteiger partial charge in [0.05, 0.1) is 12.3 Å². The fourth-order valence-electron chi connectivity index (χ4n) is 1.32. The van der Waals surface area contributed by atoms with Gasteiger partial charge in [0.25, 0.3) is 0 Å². The highest BCUT2D eigenvalue weighted by Crippen LogP contribution is 2.20. The highest BCUT2D eigenvalue weighted by atomic mass is 32.1. The molecule has 1 fully saturated rings. The van der Waals surface area contributed by atoms with E-state index < -0.39 is 0 Å². The summed E-state index contributed by atoms with van der Waals surface area (Å²) in [5.74, 6) is 0. The fraction of sp³-hybridized carbons (Fsp3) is 0.667. The van der Waals surface area contributed by atoms with E-state index in [1.165, 1.54) is 24.2 Å². The third-order valence-corrected chi connectivity index (χ3v) is 3.15. The molecule has 1 saturated carbocycles. The van der Waals surface area contributed by atoms with Crippen molar-refractivity contribution in [2.45, 2.75) is 32.0 Å². The second-order valence-corrected chi connectivity index (χ2v) is 4.57. The maximum Gasteiger partial charge on any atom is 0.305 e. The van der Waals surface area contributed by atoms with Gasteiger partial charge >= 0.3 is 4.87 Å². The van der Waals surface area contributed by atoms with Gasteiger partial charge < -0.3 is 15.0 Å². The molecule has 1 aliphatic carbocycles. The van der Waals surface area contributed by atoms with Gasteiger partial charge in [-0.2, -0.15) is 0 Å². The van der Waals surface area contributed by atoms with Gasteiger partial charge in [-0.1, -0.05) is 11.3 Å². The first-order chi connectivity index (χ1) is 6.79. The van der Waals surface area contributed by atoms with Crippen molar-refractivity contribution in [3.63, 3.8) is 0 Å². The minimum absolute atomic E-state index is 0.00430. The number of ether oxygens (including phenoxy) is 1. The average molecular weight is 214 g/mol. The Morgan fingerprint density at radius 3 is 3.07 bits per heavy atom. The van der Waals surface area contributed by atoms with Gasteiger partial charge in [0.2, 0.25) is 0 Å². The molecule has 14 heavy (non-hydrogen) atoms.